The molecule has 5 fully saturated rings. The highest BCUT2D eigenvalue weighted by molar-refractivity contribution is 6.02. The summed E-state index contributed by atoms with van der Waals surface area (Å²) in [5.41, 5.74) is -4.75. The van der Waals surface area contributed by atoms with Crippen LogP contribution in [0.25, 0.3) is 0 Å². The van der Waals surface area contributed by atoms with Crippen LogP contribution in [-0.2, 0) is 76.3 Å². The van der Waals surface area contributed by atoms with Gasteiger partial charge in [-0.05, 0) is 98.4 Å². The van der Waals surface area contributed by atoms with Crippen LogP contribution >= 0.6 is 0 Å². The second-order valence-corrected chi connectivity index (χ2v) is 22.8. The first-order valence-corrected chi connectivity index (χ1v) is 27.5. The lowest BCUT2D eigenvalue weighted by Crippen LogP contribution is -2.77. The van der Waals surface area contributed by atoms with Crippen molar-refractivity contribution < 1.29 is 90.7 Å². The summed E-state index contributed by atoms with van der Waals surface area (Å²) in [5.74, 6) is -9.21. The van der Waals surface area contributed by atoms with E-state index in [9.17, 15) is 38.4 Å². The molecule has 1 unspecified atom stereocenters. The van der Waals surface area contributed by atoms with Gasteiger partial charge < -0.3 is 48.0 Å². The summed E-state index contributed by atoms with van der Waals surface area (Å²) >= 11 is 0. The Balaban J connectivity index is 1.02. The molecule has 0 aromatic heterocycles. The van der Waals surface area contributed by atoms with Gasteiger partial charge in [0.25, 0.3) is 17.7 Å². The number of hydrogen-bond donors (Lipinski definition) is 1. The number of ketones is 1. The Bertz CT molecular complexity index is 3130. The van der Waals surface area contributed by atoms with E-state index in [1.165, 1.54) is 6.92 Å². The van der Waals surface area contributed by atoms with E-state index in [-0.39, 0.29) is 73.8 Å². The van der Waals surface area contributed by atoms with Gasteiger partial charge in [-0.2, -0.15) is 0 Å². The number of hydroxylamine groups is 2. The molecule has 3 amide bonds. The first-order chi connectivity index (χ1) is 39.1. The minimum absolute atomic E-state index is 0.0188. The van der Waals surface area contributed by atoms with Crippen LogP contribution < -0.4 is 5.32 Å². The fraction of sp³-hybridized carbons (Fsp3) is 0.475. The number of esters is 4. The van der Waals surface area contributed by atoms with Crippen LogP contribution in [0.1, 0.15) is 125 Å². The molecular weight excluding hydrogens is 1060 g/mol. The minimum atomic E-state index is -2.03. The molecule has 2 bridgehead atoms. The summed E-state index contributed by atoms with van der Waals surface area (Å²) in [5, 5.41) is 3.34. The summed E-state index contributed by atoms with van der Waals surface area (Å²) in [7, 11) is 0. The van der Waals surface area contributed by atoms with Gasteiger partial charge in [0.1, 0.15) is 30.5 Å². The monoisotopic (exact) mass is 1130 g/mol. The molecule has 82 heavy (non-hydrogen) atoms. The second kappa shape index (κ2) is 22.4. The molecule has 13 atom stereocenters. The average Bonchev–Trinajstić information content (AvgIpc) is 1.47. The number of ether oxygens (including phenoxy) is 8. The van der Waals surface area contributed by atoms with Crippen LogP contribution in [0.2, 0.25) is 0 Å². The lowest BCUT2D eigenvalue weighted by atomic mass is 9.51. The van der Waals surface area contributed by atoms with Crippen molar-refractivity contribution in [3.8, 4) is 0 Å². The topological polar surface area (TPSA) is 272 Å². The summed E-state index contributed by atoms with van der Waals surface area (Å²) in [6, 6.07) is 22.9. The van der Waals surface area contributed by atoms with Gasteiger partial charge >= 0.3 is 36.0 Å². The molecule has 432 valence electrons. The zero-order valence-electron chi connectivity index (χ0n) is 46.2. The van der Waals surface area contributed by atoms with Crippen molar-refractivity contribution in [2.24, 2.45) is 22.7 Å². The molecule has 2 saturated carbocycles. The highest BCUT2D eigenvalue weighted by atomic mass is 16.7. The Hall–Kier alpha value is -8.04. The third-order valence-corrected chi connectivity index (χ3v) is 17.3. The van der Waals surface area contributed by atoms with Gasteiger partial charge in [-0.25, -0.2) is 19.2 Å². The van der Waals surface area contributed by atoms with Gasteiger partial charge in [0.15, 0.2) is 17.3 Å². The number of amides is 3. The predicted molar refractivity (Wildman–Crippen MR) is 282 cm³/mol. The lowest BCUT2D eigenvalue weighted by Gasteiger charge is -2.60. The van der Waals surface area contributed by atoms with Crippen LogP contribution in [0, 0.1) is 22.7 Å². The summed E-state index contributed by atoms with van der Waals surface area (Å²) in [6.07, 6.45) is -6.77. The van der Waals surface area contributed by atoms with Crippen molar-refractivity contribution in [1.82, 2.24) is 10.4 Å². The van der Waals surface area contributed by atoms with Gasteiger partial charge in [0, 0.05) is 44.6 Å². The number of epoxide rings is 1. The predicted octanol–water partition coefficient (Wildman–Crippen LogP) is 6.66. The maximum atomic E-state index is 15.7. The number of carbonyl (C=O) groups excluding carboxylic acids is 10. The summed E-state index contributed by atoms with van der Waals surface area (Å²) < 4.78 is 49.9. The fourth-order valence-corrected chi connectivity index (χ4v) is 13.1. The van der Waals surface area contributed by atoms with E-state index in [1.54, 1.807) is 131 Å². The minimum Gasteiger partial charge on any atom is -0.458 e. The van der Waals surface area contributed by atoms with E-state index in [0.717, 1.165) is 6.92 Å². The second-order valence-electron chi connectivity index (χ2n) is 22.8. The van der Waals surface area contributed by atoms with Crippen LogP contribution in [0.15, 0.2) is 114 Å². The first-order valence-electron chi connectivity index (χ1n) is 27.5. The van der Waals surface area contributed by atoms with E-state index in [0.29, 0.717) is 17.0 Å². The quantitative estimate of drug-likeness (QED) is 0.0580. The third kappa shape index (κ3) is 10.6. The Morgan fingerprint density at radius 3 is 2.01 bits per heavy atom. The Labute approximate surface area is 472 Å². The normalized spacial score (nSPS) is 31.6. The third-order valence-electron chi connectivity index (χ3n) is 17.3. The fourth-order valence-electron chi connectivity index (χ4n) is 13.1. The van der Waals surface area contributed by atoms with Crippen LogP contribution in [0.4, 0.5) is 4.79 Å². The molecule has 1 spiro atoms. The van der Waals surface area contributed by atoms with Gasteiger partial charge in [0.2, 0.25) is 11.9 Å². The number of Topliss-reactive ketones (excluding diaryl/α,β-unsaturated/α-hetero) is 1. The molecule has 0 radical (unpaired) electrons. The average molecular weight is 1130 g/mol. The van der Waals surface area contributed by atoms with Gasteiger partial charge in [-0.15, -0.1) is 5.06 Å². The molecule has 3 aromatic rings. The molecule has 10 rings (SSSR count). The molecule has 21 heteroatoms. The molecule has 7 aliphatic rings. The standard InChI is InChI=1S/C61H64N2O19/c1-33-41(30-40-48(78-54(70)38-22-14-9-15-23-38)51-60(80-35(3)65)32-74-42(60)31-43-61(51,81-43)52(68)49(75-34(2)64)46(33)58(40,4)5)77-55(71)50(47(36-18-10-7-11-19-36)62-53(69)37-20-12-8-13-21-37)79-57(73)76-39-24-16-17-28-59(6,29-27-39)56(72)82-63-44(66)25-26-45(63)67/h7-16,18-24,39-43,47-51H,17,25-32H2,1-6H3,(H,62,69)/b24-16+/t39-,40-,41-,42+,43-,47?,48+,49+,50+,51+,59+,60-,61-/m0/s1. The van der Waals surface area contributed by atoms with Crippen molar-refractivity contribution >= 4 is 59.5 Å². The number of allylic oxidation sites excluding steroid dienone is 1. The van der Waals surface area contributed by atoms with Crippen LogP contribution in [0.3, 0.4) is 0 Å². The van der Waals surface area contributed by atoms with Crippen molar-refractivity contribution in [3.05, 3.63) is 131 Å². The highest BCUT2D eigenvalue weighted by Gasteiger charge is 2.84. The largest absolute Gasteiger partial charge is 0.509 e. The van der Waals surface area contributed by atoms with E-state index in [2.05, 4.69) is 5.32 Å². The summed E-state index contributed by atoms with van der Waals surface area (Å²) in [4.78, 5) is 144. The SMILES string of the molecule is CC(=O)O[C@H]1C(=O)[C@]23O[C@H]2C[C@H]2OC[C@@]2(OC(C)=O)[C@H]3[C@H](OC(=O)c2ccccc2)[C@@H]2C[C@H](OC(=O)[C@H](OC(=O)O[C@H]3/C=C/CC[C@@](C)(C(=O)ON4C(=O)CCC4=O)CC3)C(NC(=O)c3ccccc3)c3ccccc3)C(C)=C1C2(C)C. The number of imide groups is 1. The number of hydrogen-bond acceptors (Lipinski definition) is 19. The van der Waals surface area contributed by atoms with E-state index in [4.69, 9.17) is 42.7 Å². The Morgan fingerprint density at radius 1 is 0.744 bits per heavy atom. The molecule has 4 aliphatic carbocycles. The Kier molecular flexibility index (Phi) is 15.6. The number of carbonyl (C=O) groups is 10. The maximum absolute atomic E-state index is 15.7. The molecule has 3 aromatic carbocycles. The van der Waals surface area contributed by atoms with Crippen LogP contribution in [-0.4, -0.2) is 125 Å². The summed E-state index contributed by atoms with van der Waals surface area (Å²) in [6.45, 7) is 8.96. The molecule has 3 heterocycles. The van der Waals surface area contributed by atoms with Gasteiger partial charge in [-0.3, -0.25) is 28.8 Å². The number of benzene rings is 3. The van der Waals surface area contributed by atoms with Crippen molar-refractivity contribution in [2.75, 3.05) is 6.61 Å². The number of nitrogens with one attached hydrogen (secondary N) is 1. The van der Waals surface area contributed by atoms with Gasteiger partial charge in [-0.1, -0.05) is 86.7 Å². The zero-order valence-corrected chi connectivity index (χ0v) is 46.2. The first kappa shape index (κ1) is 57.2. The van der Waals surface area contributed by atoms with Crippen molar-refractivity contribution in [3.63, 3.8) is 0 Å². The number of fused-ring (bicyclic) bond motifs is 4. The Morgan fingerprint density at radius 2 is 1.39 bits per heavy atom. The smallest absolute Gasteiger partial charge is 0.458 e. The van der Waals surface area contributed by atoms with E-state index >= 15 is 9.59 Å². The molecule has 3 aliphatic heterocycles. The number of rotatable bonds is 14. The van der Waals surface area contributed by atoms with Crippen molar-refractivity contribution in [2.45, 2.75) is 153 Å². The lowest BCUT2D eigenvalue weighted by molar-refractivity contribution is -0.302. The highest BCUT2D eigenvalue weighted by Crippen LogP contribution is 2.67. The number of nitrogens with zero attached hydrogens (tertiary/aromatic N) is 1. The van der Waals surface area contributed by atoms with Crippen LogP contribution in [0.5, 0.6) is 0 Å². The van der Waals surface area contributed by atoms with E-state index < -0.39 is 142 Å². The maximum Gasteiger partial charge on any atom is 0.509 e. The molecular formula is C61H64N2O19. The van der Waals surface area contributed by atoms with Crippen molar-refractivity contribution in [1.29, 1.82) is 0 Å². The molecule has 1 N–H and O–H groups in total. The zero-order chi connectivity index (χ0) is 58.5. The molecule has 21 nitrogen and oxygen atoms in total. The van der Waals surface area contributed by atoms with Gasteiger partial charge in [0.05, 0.1) is 29.6 Å². The van der Waals surface area contributed by atoms with E-state index in [1.807, 2.05) is 0 Å². The molecule has 3 saturated heterocycles.